The molecule has 0 fully saturated rings. The zero-order valence-corrected chi connectivity index (χ0v) is 6.45. The van der Waals surface area contributed by atoms with Crippen molar-refractivity contribution in [2.24, 2.45) is 5.10 Å². The van der Waals surface area contributed by atoms with Crippen LogP contribution in [-0.2, 0) is 0 Å². The van der Waals surface area contributed by atoms with E-state index in [0.717, 1.165) is 5.71 Å². The van der Waals surface area contributed by atoms with Crippen LogP contribution < -0.4 is 5.43 Å². The van der Waals surface area contributed by atoms with Gasteiger partial charge in [0.05, 0.1) is 0 Å². The molecule has 0 saturated heterocycles. The van der Waals surface area contributed by atoms with Gasteiger partial charge in [0.25, 0.3) is 0 Å². The number of hydrazone groups is 1. The van der Waals surface area contributed by atoms with E-state index < -0.39 is 0 Å². The normalized spacial score (nSPS) is 6.12. The molecule has 0 atom stereocenters. The van der Waals surface area contributed by atoms with Gasteiger partial charge in [-0.2, -0.15) is 5.10 Å². The van der Waals surface area contributed by atoms with Crippen LogP contribution in [0.2, 0.25) is 0 Å². The van der Waals surface area contributed by atoms with Gasteiger partial charge in [-0.1, -0.05) is 13.8 Å². The highest BCUT2D eigenvalue weighted by molar-refractivity contribution is 5.78. The van der Waals surface area contributed by atoms with E-state index in [1.807, 2.05) is 27.7 Å². The van der Waals surface area contributed by atoms with E-state index in [1.54, 1.807) is 7.05 Å². The van der Waals surface area contributed by atoms with Crippen molar-refractivity contribution in [2.45, 2.75) is 27.7 Å². The lowest BCUT2D eigenvalue weighted by molar-refractivity contribution is 0.898. The lowest BCUT2D eigenvalue weighted by Gasteiger charge is -1.84. The van der Waals surface area contributed by atoms with Crippen molar-refractivity contribution in [3.63, 3.8) is 0 Å². The molecule has 0 aromatic carbocycles. The van der Waals surface area contributed by atoms with Crippen LogP contribution in [0.25, 0.3) is 0 Å². The fourth-order valence-corrected chi connectivity index (χ4v) is 0.224. The van der Waals surface area contributed by atoms with Crippen molar-refractivity contribution in [3.8, 4) is 0 Å². The van der Waals surface area contributed by atoms with E-state index in [9.17, 15) is 0 Å². The van der Waals surface area contributed by atoms with Crippen LogP contribution in [0.15, 0.2) is 5.10 Å². The van der Waals surface area contributed by atoms with Gasteiger partial charge in [0.15, 0.2) is 0 Å². The summed E-state index contributed by atoms with van der Waals surface area (Å²) in [5, 5.41) is 3.79. The molecule has 2 nitrogen and oxygen atoms in total. The highest BCUT2D eigenvalue weighted by Gasteiger charge is 1.67. The lowest BCUT2D eigenvalue weighted by Crippen LogP contribution is -1.96. The third kappa shape index (κ3) is 17.9. The Morgan fingerprint density at radius 3 is 1.62 bits per heavy atom. The van der Waals surface area contributed by atoms with Gasteiger partial charge in [0.2, 0.25) is 0 Å². The summed E-state index contributed by atoms with van der Waals surface area (Å²) in [4.78, 5) is 0. The molecule has 0 unspecified atom stereocenters. The molecular weight excluding hydrogens is 100 g/mol. The summed E-state index contributed by atoms with van der Waals surface area (Å²) < 4.78 is 0. The highest BCUT2D eigenvalue weighted by Crippen LogP contribution is 1.63. The molecule has 8 heavy (non-hydrogen) atoms. The molecule has 0 aromatic rings. The van der Waals surface area contributed by atoms with Crippen molar-refractivity contribution >= 4 is 5.71 Å². The maximum atomic E-state index is 3.79. The quantitative estimate of drug-likeness (QED) is 0.408. The van der Waals surface area contributed by atoms with E-state index in [-0.39, 0.29) is 0 Å². The van der Waals surface area contributed by atoms with Crippen LogP contribution in [0.3, 0.4) is 0 Å². The molecule has 2 heteroatoms. The van der Waals surface area contributed by atoms with Crippen LogP contribution in [0.5, 0.6) is 0 Å². The van der Waals surface area contributed by atoms with Crippen LogP contribution in [0.4, 0.5) is 0 Å². The highest BCUT2D eigenvalue weighted by atomic mass is 15.3. The molecule has 0 aliphatic rings. The molecule has 50 valence electrons. The molecule has 0 saturated carbocycles. The first kappa shape index (κ1) is 10.5. The van der Waals surface area contributed by atoms with E-state index >= 15 is 0 Å². The number of nitrogens with one attached hydrogen (secondary N) is 1. The van der Waals surface area contributed by atoms with Gasteiger partial charge in [0, 0.05) is 12.8 Å². The first-order chi connectivity index (χ1) is 3.77. The minimum absolute atomic E-state index is 1.05. The molecule has 0 spiro atoms. The van der Waals surface area contributed by atoms with E-state index in [1.165, 1.54) is 0 Å². The largest absolute Gasteiger partial charge is 0.313 e. The Hall–Kier alpha value is -0.530. The maximum absolute atomic E-state index is 3.79. The van der Waals surface area contributed by atoms with Crippen LogP contribution >= 0.6 is 0 Å². The summed E-state index contributed by atoms with van der Waals surface area (Å²) in [7, 11) is 1.78. The third-order valence-corrected chi connectivity index (χ3v) is 0.335. The summed E-state index contributed by atoms with van der Waals surface area (Å²) >= 11 is 0. The maximum Gasteiger partial charge on any atom is 0.0316 e. The zero-order valence-electron chi connectivity index (χ0n) is 6.45. The third-order valence-electron chi connectivity index (χ3n) is 0.335. The predicted molar refractivity (Wildman–Crippen MR) is 39.2 cm³/mol. The summed E-state index contributed by atoms with van der Waals surface area (Å²) in [6.45, 7) is 7.88. The molecule has 0 aliphatic heterocycles. The van der Waals surface area contributed by atoms with Crippen molar-refractivity contribution in [1.29, 1.82) is 0 Å². The molecule has 1 N–H and O–H groups in total. The van der Waals surface area contributed by atoms with Crippen molar-refractivity contribution in [1.82, 2.24) is 5.43 Å². The van der Waals surface area contributed by atoms with Gasteiger partial charge in [0.1, 0.15) is 0 Å². The molecule has 0 aliphatic carbocycles. The number of hydrogen-bond donors (Lipinski definition) is 1. The smallest absolute Gasteiger partial charge is 0.0316 e. The van der Waals surface area contributed by atoms with Crippen LogP contribution in [-0.4, -0.2) is 12.8 Å². The minimum atomic E-state index is 1.05. The molecule has 0 amide bonds. The van der Waals surface area contributed by atoms with E-state index in [0.29, 0.717) is 0 Å². The second kappa shape index (κ2) is 9.69. The molecule has 0 rings (SSSR count). The fraction of sp³-hybridized carbons (Fsp3) is 0.833. The lowest BCUT2D eigenvalue weighted by atomic mass is 10.5. The first-order valence-corrected chi connectivity index (χ1v) is 2.95. The van der Waals surface area contributed by atoms with E-state index in [4.69, 9.17) is 0 Å². The zero-order chi connectivity index (χ0) is 6.99. The summed E-state index contributed by atoms with van der Waals surface area (Å²) in [6.07, 6.45) is 0. The van der Waals surface area contributed by atoms with Crippen molar-refractivity contribution in [3.05, 3.63) is 0 Å². The first-order valence-electron chi connectivity index (χ1n) is 2.95. The van der Waals surface area contributed by atoms with Crippen LogP contribution in [0, 0.1) is 0 Å². The Kier molecular flexibility index (Phi) is 12.7. The number of rotatable bonds is 1. The second-order valence-electron chi connectivity index (χ2n) is 1.28. The topological polar surface area (TPSA) is 24.4 Å². The van der Waals surface area contributed by atoms with Gasteiger partial charge in [-0.25, -0.2) is 0 Å². The fourth-order valence-electron chi connectivity index (χ4n) is 0.224. The number of nitrogens with zero attached hydrogens (tertiary/aromatic N) is 1. The van der Waals surface area contributed by atoms with Gasteiger partial charge in [-0.3, -0.25) is 0 Å². The second-order valence-corrected chi connectivity index (χ2v) is 1.28. The van der Waals surface area contributed by atoms with E-state index in [2.05, 4.69) is 10.5 Å². The Morgan fingerprint density at radius 1 is 1.25 bits per heavy atom. The molecule has 0 bridgehead atoms. The predicted octanol–water partition coefficient (Wildman–Crippen LogP) is 1.63. The molecular formula is C6H16N2. The average molecular weight is 116 g/mol. The van der Waals surface area contributed by atoms with Gasteiger partial charge >= 0.3 is 0 Å². The van der Waals surface area contributed by atoms with Gasteiger partial charge in [-0.05, 0) is 13.8 Å². The Bertz CT molecular complexity index is 53.5. The Balaban J connectivity index is 0. The van der Waals surface area contributed by atoms with Crippen molar-refractivity contribution < 1.29 is 0 Å². The number of hydrogen-bond acceptors (Lipinski definition) is 2. The molecule has 0 radical (unpaired) electrons. The Morgan fingerprint density at radius 2 is 1.62 bits per heavy atom. The SMILES string of the molecule is CC.CNN=C(C)C. The molecule has 0 aromatic heterocycles. The summed E-state index contributed by atoms with van der Waals surface area (Å²) in [5.74, 6) is 0. The Labute approximate surface area is 52.0 Å². The summed E-state index contributed by atoms with van der Waals surface area (Å²) in [6, 6.07) is 0. The molecule has 0 heterocycles. The van der Waals surface area contributed by atoms with Gasteiger partial charge in [-0.15, -0.1) is 0 Å². The minimum Gasteiger partial charge on any atom is -0.313 e. The summed E-state index contributed by atoms with van der Waals surface area (Å²) in [5.41, 5.74) is 3.71. The standard InChI is InChI=1S/C4H10N2.C2H6/c1-4(2)6-5-3;1-2/h5H,1-3H3;1-2H3. The van der Waals surface area contributed by atoms with Gasteiger partial charge < -0.3 is 5.43 Å². The van der Waals surface area contributed by atoms with Crippen molar-refractivity contribution in [2.75, 3.05) is 7.05 Å². The van der Waals surface area contributed by atoms with Crippen LogP contribution in [0.1, 0.15) is 27.7 Å². The average Bonchev–Trinajstić information content (AvgIpc) is 1.72. The monoisotopic (exact) mass is 116 g/mol.